The van der Waals surface area contributed by atoms with E-state index < -0.39 is 17.5 Å². The standard InChI is InChI=1S/C18H32O5/c1-12(2)15(20)22-9-14(19)10-23-16(21)18(8,13(3)4)11-17(5,6)7/h13-14,19H,1,9-11H2,2-8H3. The molecule has 134 valence electrons. The first-order valence-corrected chi connectivity index (χ1v) is 7.97. The van der Waals surface area contributed by atoms with E-state index in [1.807, 2.05) is 20.8 Å². The number of esters is 2. The maximum Gasteiger partial charge on any atom is 0.333 e. The molecule has 0 aliphatic rings. The molecule has 5 heteroatoms. The zero-order chi connectivity index (χ0) is 18.4. The Morgan fingerprint density at radius 1 is 1.09 bits per heavy atom. The van der Waals surface area contributed by atoms with Crippen LogP contribution in [-0.4, -0.2) is 36.4 Å². The van der Waals surface area contributed by atoms with E-state index in [0.29, 0.717) is 6.42 Å². The van der Waals surface area contributed by atoms with Crippen LogP contribution < -0.4 is 0 Å². The van der Waals surface area contributed by atoms with Crippen LogP contribution in [0.4, 0.5) is 0 Å². The molecule has 0 fully saturated rings. The highest BCUT2D eigenvalue weighted by Crippen LogP contribution is 2.40. The highest BCUT2D eigenvalue weighted by Gasteiger charge is 2.41. The molecular formula is C18H32O5. The van der Waals surface area contributed by atoms with E-state index in [1.54, 1.807) is 0 Å². The molecule has 0 aliphatic heterocycles. The molecule has 0 aromatic rings. The van der Waals surface area contributed by atoms with Crippen molar-refractivity contribution < 1.29 is 24.2 Å². The summed E-state index contributed by atoms with van der Waals surface area (Å²) in [5.41, 5.74) is -0.396. The summed E-state index contributed by atoms with van der Waals surface area (Å²) < 4.78 is 10.1. The number of hydrogen-bond donors (Lipinski definition) is 1. The number of ether oxygens (including phenoxy) is 2. The van der Waals surface area contributed by atoms with Gasteiger partial charge in [-0.1, -0.05) is 41.2 Å². The Balaban J connectivity index is 4.59. The van der Waals surface area contributed by atoms with Crippen LogP contribution in [-0.2, 0) is 19.1 Å². The lowest BCUT2D eigenvalue weighted by Crippen LogP contribution is -2.40. The fourth-order valence-electron chi connectivity index (χ4n) is 2.29. The molecule has 1 N–H and O–H groups in total. The van der Waals surface area contributed by atoms with Gasteiger partial charge in [-0.3, -0.25) is 4.79 Å². The van der Waals surface area contributed by atoms with Gasteiger partial charge in [-0.15, -0.1) is 0 Å². The number of aliphatic hydroxyl groups is 1. The summed E-state index contributed by atoms with van der Waals surface area (Å²) in [5.74, 6) is -0.810. The van der Waals surface area contributed by atoms with Gasteiger partial charge in [0.2, 0.25) is 0 Å². The molecule has 23 heavy (non-hydrogen) atoms. The summed E-state index contributed by atoms with van der Waals surface area (Å²) in [7, 11) is 0. The molecule has 0 aliphatic carbocycles. The molecule has 0 bridgehead atoms. The number of carbonyl (C=O) groups is 2. The summed E-state index contributed by atoms with van der Waals surface area (Å²) in [6, 6.07) is 0. The molecule has 5 nitrogen and oxygen atoms in total. The Morgan fingerprint density at radius 3 is 1.96 bits per heavy atom. The SMILES string of the molecule is C=C(C)C(=O)OCC(O)COC(=O)C(C)(CC(C)(C)C)C(C)C. The minimum atomic E-state index is -1.05. The van der Waals surface area contributed by atoms with E-state index in [0.717, 1.165) is 0 Å². The second-order valence-electron chi connectivity index (χ2n) is 7.94. The van der Waals surface area contributed by atoms with Crippen molar-refractivity contribution >= 4 is 11.9 Å². The first kappa shape index (κ1) is 21.6. The van der Waals surface area contributed by atoms with Crippen LogP contribution in [0.25, 0.3) is 0 Å². The van der Waals surface area contributed by atoms with Crippen LogP contribution in [0.5, 0.6) is 0 Å². The van der Waals surface area contributed by atoms with Crippen LogP contribution in [0.3, 0.4) is 0 Å². The van der Waals surface area contributed by atoms with Crippen LogP contribution >= 0.6 is 0 Å². The Morgan fingerprint density at radius 2 is 1.57 bits per heavy atom. The van der Waals surface area contributed by atoms with Crippen molar-refractivity contribution in [2.24, 2.45) is 16.7 Å². The smallest absolute Gasteiger partial charge is 0.333 e. The van der Waals surface area contributed by atoms with E-state index in [4.69, 9.17) is 9.47 Å². The lowest BCUT2D eigenvalue weighted by molar-refractivity contribution is -0.164. The molecule has 0 aromatic carbocycles. The van der Waals surface area contributed by atoms with E-state index in [2.05, 4.69) is 27.4 Å². The van der Waals surface area contributed by atoms with Crippen molar-refractivity contribution in [3.8, 4) is 0 Å². The number of rotatable bonds is 8. The van der Waals surface area contributed by atoms with Crippen molar-refractivity contribution in [1.29, 1.82) is 0 Å². The molecule has 0 saturated heterocycles. The Hall–Kier alpha value is -1.36. The van der Waals surface area contributed by atoms with Crippen LogP contribution in [0, 0.1) is 16.7 Å². The Kier molecular flexibility index (Phi) is 7.98. The van der Waals surface area contributed by atoms with Gasteiger partial charge < -0.3 is 14.6 Å². The average molecular weight is 328 g/mol. The highest BCUT2D eigenvalue weighted by atomic mass is 16.6. The van der Waals surface area contributed by atoms with Crippen molar-refractivity contribution in [1.82, 2.24) is 0 Å². The molecule has 0 spiro atoms. The first-order valence-electron chi connectivity index (χ1n) is 7.97. The van der Waals surface area contributed by atoms with Crippen molar-refractivity contribution in [3.05, 3.63) is 12.2 Å². The van der Waals surface area contributed by atoms with E-state index >= 15 is 0 Å². The lowest BCUT2D eigenvalue weighted by Gasteiger charge is -2.37. The summed E-state index contributed by atoms with van der Waals surface area (Å²) in [5, 5.41) is 9.78. The second kappa shape index (κ2) is 8.48. The molecular weight excluding hydrogens is 296 g/mol. The van der Waals surface area contributed by atoms with Crippen molar-refractivity contribution in [3.63, 3.8) is 0 Å². The molecule has 0 rings (SSSR count). The van der Waals surface area contributed by atoms with Gasteiger partial charge in [-0.05, 0) is 31.6 Å². The normalized spacial score (nSPS) is 15.7. The van der Waals surface area contributed by atoms with E-state index in [1.165, 1.54) is 6.92 Å². The number of aliphatic hydroxyl groups excluding tert-OH is 1. The summed E-state index contributed by atoms with van der Waals surface area (Å²) in [6.45, 7) is 16.6. The molecule has 0 aromatic heterocycles. The number of hydrogen-bond acceptors (Lipinski definition) is 5. The predicted molar refractivity (Wildman–Crippen MR) is 89.8 cm³/mol. The first-order chi connectivity index (χ1) is 10.3. The minimum Gasteiger partial charge on any atom is -0.462 e. The molecule has 0 amide bonds. The monoisotopic (exact) mass is 328 g/mol. The van der Waals surface area contributed by atoms with Crippen LogP contribution in [0.2, 0.25) is 0 Å². The molecule has 2 atom stereocenters. The fraction of sp³-hybridized carbons (Fsp3) is 0.778. The zero-order valence-corrected chi connectivity index (χ0v) is 15.6. The van der Waals surface area contributed by atoms with Crippen LogP contribution in [0.1, 0.15) is 54.9 Å². The molecule has 0 saturated carbocycles. The third-order valence-electron chi connectivity index (χ3n) is 3.80. The van der Waals surface area contributed by atoms with Gasteiger partial charge in [-0.2, -0.15) is 0 Å². The van der Waals surface area contributed by atoms with Gasteiger partial charge in [0, 0.05) is 5.57 Å². The van der Waals surface area contributed by atoms with E-state index in [-0.39, 0.29) is 36.1 Å². The van der Waals surface area contributed by atoms with Gasteiger partial charge in [-0.25, -0.2) is 4.79 Å². The van der Waals surface area contributed by atoms with Gasteiger partial charge >= 0.3 is 11.9 Å². The largest absolute Gasteiger partial charge is 0.462 e. The topological polar surface area (TPSA) is 72.8 Å². The second-order valence-corrected chi connectivity index (χ2v) is 7.94. The van der Waals surface area contributed by atoms with Gasteiger partial charge in [0.1, 0.15) is 19.3 Å². The summed E-state index contributed by atoms with van der Waals surface area (Å²) in [4.78, 5) is 23.7. The maximum absolute atomic E-state index is 12.5. The van der Waals surface area contributed by atoms with Crippen molar-refractivity contribution in [2.75, 3.05) is 13.2 Å². The van der Waals surface area contributed by atoms with Crippen molar-refractivity contribution in [2.45, 2.75) is 61.0 Å². The summed E-state index contributed by atoms with van der Waals surface area (Å²) >= 11 is 0. The van der Waals surface area contributed by atoms with Gasteiger partial charge in [0.15, 0.2) is 0 Å². The maximum atomic E-state index is 12.5. The molecule has 2 unspecified atom stereocenters. The van der Waals surface area contributed by atoms with E-state index in [9.17, 15) is 14.7 Å². The molecule has 0 radical (unpaired) electrons. The minimum absolute atomic E-state index is 0.0202. The zero-order valence-electron chi connectivity index (χ0n) is 15.6. The van der Waals surface area contributed by atoms with Gasteiger partial charge in [0.05, 0.1) is 5.41 Å². The quantitative estimate of drug-likeness (QED) is 0.547. The third kappa shape index (κ3) is 7.64. The van der Waals surface area contributed by atoms with Crippen LogP contribution in [0.15, 0.2) is 12.2 Å². The predicted octanol–water partition coefficient (Wildman–Crippen LogP) is 3.11. The lowest BCUT2D eigenvalue weighted by atomic mass is 9.69. The Labute approximate surface area is 140 Å². The fourth-order valence-corrected chi connectivity index (χ4v) is 2.29. The van der Waals surface area contributed by atoms with Gasteiger partial charge in [0.25, 0.3) is 0 Å². The Bertz CT molecular complexity index is 433. The molecule has 0 heterocycles. The highest BCUT2D eigenvalue weighted by molar-refractivity contribution is 5.86. The summed E-state index contributed by atoms with van der Waals surface area (Å²) in [6.07, 6.45) is -0.370. The number of carbonyl (C=O) groups excluding carboxylic acids is 2. The average Bonchev–Trinajstić information content (AvgIpc) is 2.39. The third-order valence-corrected chi connectivity index (χ3v) is 3.80.